The van der Waals surface area contributed by atoms with Gasteiger partial charge in [-0.15, -0.1) is 0 Å². The minimum atomic E-state index is -0.910. The molecule has 1 fully saturated rings. The van der Waals surface area contributed by atoms with Crippen LogP contribution in [0.1, 0.15) is 12.7 Å². The van der Waals surface area contributed by atoms with Gasteiger partial charge in [-0.3, -0.25) is 9.69 Å². The lowest BCUT2D eigenvalue weighted by atomic mass is 10.1. The molecule has 0 N–H and O–H groups in total. The molecule has 2 aromatic rings. The number of nitrogens with zero attached hydrogens (tertiary/aromatic N) is 3. The summed E-state index contributed by atoms with van der Waals surface area (Å²) in [6, 6.07) is 5.36. The van der Waals surface area contributed by atoms with Crippen LogP contribution in [0.15, 0.2) is 28.8 Å². The standard InChI is InChI=1S/C16H17F2N3O2/c1-11(22)21-6-4-20(5-7-21)10-13-9-16(19-23-13)12-2-3-14(17)15(18)8-12/h2-3,8-9H,4-7,10H2,1H3. The number of rotatable bonds is 3. The molecule has 7 heteroatoms. The van der Waals surface area contributed by atoms with Crippen molar-refractivity contribution in [3.05, 3.63) is 41.7 Å². The Morgan fingerprint density at radius 2 is 1.91 bits per heavy atom. The van der Waals surface area contributed by atoms with Crippen molar-refractivity contribution in [3.63, 3.8) is 0 Å². The summed E-state index contributed by atoms with van der Waals surface area (Å²) in [7, 11) is 0. The smallest absolute Gasteiger partial charge is 0.219 e. The highest BCUT2D eigenvalue weighted by Crippen LogP contribution is 2.22. The molecule has 1 amide bonds. The maximum Gasteiger partial charge on any atom is 0.219 e. The van der Waals surface area contributed by atoms with Crippen molar-refractivity contribution in [2.45, 2.75) is 13.5 Å². The predicted molar refractivity (Wildman–Crippen MR) is 79.4 cm³/mol. The maximum atomic E-state index is 13.3. The van der Waals surface area contributed by atoms with Gasteiger partial charge in [0, 0.05) is 44.7 Å². The Morgan fingerprint density at radius 1 is 1.17 bits per heavy atom. The van der Waals surface area contributed by atoms with Crippen LogP contribution in [-0.2, 0) is 11.3 Å². The van der Waals surface area contributed by atoms with Crippen LogP contribution in [0, 0.1) is 11.6 Å². The summed E-state index contributed by atoms with van der Waals surface area (Å²) in [4.78, 5) is 15.3. The fraction of sp³-hybridized carbons (Fsp3) is 0.375. The van der Waals surface area contributed by atoms with Crippen LogP contribution < -0.4 is 0 Å². The van der Waals surface area contributed by atoms with Gasteiger partial charge in [0.05, 0.1) is 6.54 Å². The van der Waals surface area contributed by atoms with Gasteiger partial charge in [-0.05, 0) is 18.2 Å². The summed E-state index contributed by atoms with van der Waals surface area (Å²) in [5.41, 5.74) is 0.946. The zero-order valence-corrected chi connectivity index (χ0v) is 12.8. The second-order valence-corrected chi connectivity index (χ2v) is 5.59. The number of halogens is 2. The monoisotopic (exact) mass is 321 g/mol. The first-order valence-electron chi connectivity index (χ1n) is 7.42. The third-order valence-electron chi connectivity index (χ3n) is 3.97. The highest BCUT2D eigenvalue weighted by Gasteiger charge is 2.20. The number of carbonyl (C=O) groups excluding carboxylic acids is 1. The van der Waals surface area contributed by atoms with Crippen LogP contribution in [0.5, 0.6) is 0 Å². The average molecular weight is 321 g/mol. The molecule has 3 rings (SSSR count). The third-order valence-corrected chi connectivity index (χ3v) is 3.97. The van der Waals surface area contributed by atoms with E-state index >= 15 is 0 Å². The Hall–Kier alpha value is -2.28. The van der Waals surface area contributed by atoms with Crippen molar-refractivity contribution < 1.29 is 18.1 Å². The summed E-state index contributed by atoms with van der Waals surface area (Å²) in [5.74, 6) is -1.06. The lowest BCUT2D eigenvalue weighted by molar-refractivity contribution is -0.130. The van der Waals surface area contributed by atoms with E-state index in [4.69, 9.17) is 4.52 Å². The van der Waals surface area contributed by atoms with Crippen LogP contribution in [0.4, 0.5) is 8.78 Å². The summed E-state index contributed by atoms with van der Waals surface area (Å²) < 4.78 is 31.5. The first-order valence-corrected chi connectivity index (χ1v) is 7.42. The number of piperazine rings is 1. The molecule has 0 saturated carbocycles. The fourth-order valence-corrected chi connectivity index (χ4v) is 2.62. The molecule has 0 aliphatic carbocycles. The summed E-state index contributed by atoms with van der Waals surface area (Å²) in [5, 5.41) is 3.91. The van der Waals surface area contributed by atoms with E-state index in [9.17, 15) is 13.6 Å². The van der Waals surface area contributed by atoms with Gasteiger partial charge in [0.15, 0.2) is 17.4 Å². The lowest BCUT2D eigenvalue weighted by Gasteiger charge is -2.33. The van der Waals surface area contributed by atoms with Crippen LogP contribution >= 0.6 is 0 Å². The number of hydrogen-bond acceptors (Lipinski definition) is 4. The van der Waals surface area contributed by atoms with Gasteiger partial charge in [0.25, 0.3) is 0 Å². The van der Waals surface area contributed by atoms with E-state index in [0.29, 0.717) is 36.7 Å². The quantitative estimate of drug-likeness (QED) is 0.870. The normalized spacial score (nSPS) is 15.9. The van der Waals surface area contributed by atoms with Crippen molar-refractivity contribution >= 4 is 5.91 Å². The molecule has 1 aromatic heterocycles. The van der Waals surface area contributed by atoms with Crippen molar-refractivity contribution in [3.8, 4) is 11.3 Å². The number of amides is 1. The zero-order valence-electron chi connectivity index (χ0n) is 12.8. The molecule has 5 nitrogen and oxygen atoms in total. The molecular weight excluding hydrogens is 304 g/mol. The molecule has 2 heterocycles. The molecule has 1 saturated heterocycles. The summed E-state index contributed by atoms with van der Waals surface area (Å²) in [6.07, 6.45) is 0. The number of aromatic nitrogens is 1. The molecule has 0 atom stereocenters. The van der Waals surface area contributed by atoms with Crippen molar-refractivity contribution in [2.75, 3.05) is 26.2 Å². The average Bonchev–Trinajstić information content (AvgIpc) is 2.99. The van der Waals surface area contributed by atoms with E-state index in [1.807, 2.05) is 4.90 Å². The first kappa shape index (κ1) is 15.6. The number of carbonyl (C=O) groups is 1. The largest absolute Gasteiger partial charge is 0.359 e. The van der Waals surface area contributed by atoms with Gasteiger partial charge in [-0.25, -0.2) is 8.78 Å². The van der Waals surface area contributed by atoms with E-state index < -0.39 is 11.6 Å². The molecule has 0 radical (unpaired) electrons. The molecule has 0 bridgehead atoms. The van der Waals surface area contributed by atoms with E-state index in [-0.39, 0.29) is 5.91 Å². The van der Waals surface area contributed by atoms with Crippen LogP contribution in [0.2, 0.25) is 0 Å². The molecule has 1 aliphatic rings. The lowest BCUT2D eigenvalue weighted by Crippen LogP contribution is -2.47. The third kappa shape index (κ3) is 3.56. The van der Waals surface area contributed by atoms with Crippen LogP contribution in [-0.4, -0.2) is 47.0 Å². The second-order valence-electron chi connectivity index (χ2n) is 5.59. The van der Waals surface area contributed by atoms with E-state index in [1.54, 1.807) is 13.0 Å². The molecule has 0 unspecified atom stereocenters. The van der Waals surface area contributed by atoms with Crippen molar-refractivity contribution in [1.82, 2.24) is 15.0 Å². The van der Waals surface area contributed by atoms with Gasteiger partial charge in [-0.1, -0.05) is 5.16 Å². The Kier molecular flexibility index (Phi) is 4.38. The van der Waals surface area contributed by atoms with Crippen LogP contribution in [0.3, 0.4) is 0 Å². The number of benzene rings is 1. The zero-order chi connectivity index (χ0) is 16.4. The SMILES string of the molecule is CC(=O)N1CCN(Cc2cc(-c3ccc(F)c(F)c3)no2)CC1. The minimum absolute atomic E-state index is 0.0879. The predicted octanol–water partition coefficient (Wildman–Crippen LogP) is 2.28. The van der Waals surface area contributed by atoms with Gasteiger partial charge < -0.3 is 9.42 Å². The topological polar surface area (TPSA) is 49.6 Å². The highest BCUT2D eigenvalue weighted by atomic mass is 19.2. The first-order chi connectivity index (χ1) is 11.0. The molecule has 0 spiro atoms. The molecule has 1 aliphatic heterocycles. The van der Waals surface area contributed by atoms with E-state index in [0.717, 1.165) is 25.2 Å². The molecule has 122 valence electrons. The van der Waals surface area contributed by atoms with Gasteiger partial charge in [0.2, 0.25) is 5.91 Å². The van der Waals surface area contributed by atoms with E-state index in [1.165, 1.54) is 6.07 Å². The Labute approximate surface area is 132 Å². The van der Waals surface area contributed by atoms with Crippen molar-refractivity contribution in [1.29, 1.82) is 0 Å². The molecule has 1 aromatic carbocycles. The van der Waals surface area contributed by atoms with Gasteiger partial charge >= 0.3 is 0 Å². The fourth-order valence-electron chi connectivity index (χ4n) is 2.62. The molecule has 23 heavy (non-hydrogen) atoms. The van der Waals surface area contributed by atoms with E-state index in [2.05, 4.69) is 10.1 Å². The van der Waals surface area contributed by atoms with Crippen LogP contribution in [0.25, 0.3) is 11.3 Å². The van der Waals surface area contributed by atoms with Gasteiger partial charge in [-0.2, -0.15) is 0 Å². The second kappa shape index (κ2) is 6.45. The Balaban J connectivity index is 1.64. The Bertz CT molecular complexity index is 709. The maximum absolute atomic E-state index is 13.3. The Morgan fingerprint density at radius 3 is 2.57 bits per heavy atom. The van der Waals surface area contributed by atoms with Gasteiger partial charge in [0.1, 0.15) is 5.69 Å². The summed E-state index contributed by atoms with van der Waals surface area (Å²) in [6.45, 7) is 5.06. The number of hydrogen-bond donors (Lipinski definition) is 0. The van der Waals surface area contributed by atoms with Crippen molar-refractivity contribution in [2.24, 2.45) is 0 Å². The minimum Gasteiger partial charge on any atom is -0.359 e. The summed E-state index contributed by atoms with van der Waals surface area (Å²) >= 11 is 0. The molecular formula is C16H17F2N3O2. The highest BCUT2D eigenvalue weighted by molar-refractivity contribution is 5.73.